The SMILES string of the molecule is CN1[C@@H](CCc2cccc(F)c2)CCC[C@H]1CCc1cccc(F)c1. The van der Waals surface area contributed by atoms with Gasteiger partial charge in [0.05, 0.1) is 0 Å². The topological polar surface area (TPSA) is 3.24 Å². The van der Waals surface area contributed by atoms with Crippen molar-refractivity contribution in [3.63, 3.8) is 0 Å². The van der Waals surface area contributed by atoms with Gasteiger partial charge in [-0.15, -0.1) is 0 Å². The van der Waals surface area contributed by atoms with E-state index in [0.29, 0.717) is 12.1 Å². The van der Waals surface area contributed by atoms with Crippen LogP contribution >= 0.6 is 0 Å². The standard InChI is InChI=1S/C22H27F2N/c1-25-21(13-11-17-5-2-7-19(23)15-17)9-4-10-22(25)14-12-18-6-3-8-20(24)16-18/h2-3,5-8,15-16,21-22H,4,9-14H2,1H3/t21-,22+. The Morgan fingerprint density at radius 2 is 1.32 bits per heavy atom. The van der Waals surface area contributed by atoms with Crippen LogP contribution in [0, 0.1) is 11.6 Å². The molecule has 0 radical (unpaired) electrons. The monoisotopic (exact) mass is 343 g/mol. The molecule has 0 N–H and O–H groups in total. The molecule has 1 nitrogen and oxygen atoms in total. The Labute approximate surface area is 149 Å². The van der Waals surface area contributed by atoms with Crippen molar-refractivity contribution in [1.82, 2.24) is 4.90 Å². The Balaban J connectivity index is 1.52. The molecule has 1 aliphatic heterocycles. The zero-order valence-electron chi connectivity index (χ0n) is 14.9. The Bertz CT molecular complexity index is 628. The van der Waals surface area contributed by atoms with E-state index in [0.717, 1.165) is 36.8 Å². The average molecular weight is 343 g/mol. The Hall–Kier alpha value is -1.74. The quantitative estimate of drug-likeness (QED) is 0.680. The number of hydrogen-bond donors (Lipinski definition) is 0. The maximum absolute atomic E-state index is 13.3. The first-order chi connectivity index (χ1) is 12.1. The molecule has 1 fully saturated rings. The number of rotatable bonds is 6. The molecule has 3 rings (SSSR count). The van der Waals surface area contributed by atoms with E-state index in [1.54, 1.807) is 24.3 Å². The van der Waals surface area contributed by atoms with Crippen molar-refractivity contribution in [3.05, 3.63) is 71.3 Å². The fourth-order valence-electron chi connectivity index (χ4n) is 4.04. The Kier molecular flexibility index (Phi) is 6.19. The van der Waals surface area contributed by atoms with Crippen LogP contribution < -0.4 is 0 Å². The second-order valence-corrected chi connectivity index (χ2v) is 7.24. The second-order valence-electron chi connectivity index (χ2n) is 7.24. The third-order valence-electron chi connectivity index (χ3n) is 5.54. The minimum Gasteiger partial charge on any atom is -0.300 e. The van der Waals surface area contributed by atoms with Crippen LogP contribution in [0.25, 0.3) is 0 Å². The maximum Gasteiger partial charge on any atom is 0.123 e. The number of nitrogens with zero attached hydrogens (tertiary/aromatic N) is 1. The first kappa shape index (κ1) is 18.1. The van der Waals surface area contributed by atoms with Crippen LogP contribution in [-0.2, 0) is 12.8 Å². The molecule has 134 valence electrons. The molecule has 2 aromatic rings. The lowest BCUT2D eigenvalue weighted by Crippen LogP contribution is -2.44. The van der Waals surface area contributed by atoms with Crippen molar-refractivity contribution in [3.8, 4) is 0 Å². The summed E-state index contributed by atoms with van der Waals surface area (Å²) in [6.45, 7) is 0. The molecule has 3 heteroatoms. The molecule has 1 saturated heterocycles. The van der Waals surface area contributed by atoms with E-state index in [9.17, 15) is 8.78 Å². The number of halogens is 2. The van der Waals surface area contributed by atoms with Crippen LogP contribution in [0.1, 0.15) is 43.2 Å². The van der Waals surface area contributed by atoms with E-state index < -0.39 is 0 Å². The number of piperidine rings is 1. The summed E-state index contributed by atoms with van der Waals surface area (Å²) < 4.78 is 26.6. The van der Waals surface area contributed by atoms with Crippen molar-refractivity contribution in [2.24, 2.45) is 0 Å². The van der Waals surface area contributed by atoms with Gasteiger partial charge < -0.3 is 4.90 Å². The molecule has 0 unspecified atom stereocenters. The summed E-state index contributed by atoms with van der Waals surface area (Å²) in [5, 5.41) is 0. The fraction of sp³-hybridized carbons (Fsp3) is 0.455. The number of hydrogen-bond acceptors (Lipinski definition) is 1. The molecule has 25 heavy (non-hydrogen) atoms. The summed E-state index contributed by atoms with van der Waals surface area (Å²) in [4.78, 5) is 2.50. The van der Waals surface area contributed by atoms with Gasteiger partial charge in [-0.25, -0.2) is 8.78 Å². The lowest BCUT2D eigenvalue weighted by atomic mass is 9.89. The summed E-state index contributed by atoms with van der Waals surface area (Å²) in [7, 11) is 2.21. The van der Waals surface area contributed by atoms with E-state index in [1.165, 1.54) is 31.4 Å². The van der Waals surface area contributed by atoms with Gasteiger partial charge in [0, 0.05) is 12.1 Å². The number of likely N-dealkylation sites (tertiary alicyclic amines) is 1. The highest BCUT2D eigenvalue weighted by Crippen LogP contribution is 2.27. The number of benzene rings is 2. The van der Waals surface area contributed by atoms with Crippen LogP contribution in [0.2, 0.25) is 0 Å². The largest absolute Gasteiger partial charge is 0.300 e. The van der Waals surface area contributed by atoms with Crippen molar-refractivity contribution in [2.75, 3.05) is 7.05 Å². The molecular weight excluding hydrogens is 316 g/mol. The molecule has 0 saturated carbocycles. The molecule has 2 atom stereocenters. The van der Waals surface area contributed by atoms with E-state index >= 15 is 0 Å². The highest BCUT2D eigenvalue weighted by molar-refractivity contribution is 5.17. The minimum absolute atomic E-state index is 0.150. The van der Waals surface area contributed by atoms with Crippen LogP contribution in [0.15, 0.2) is 48.5 Å². The van der Waals surface area contributed by atoms with Crippen molar-refractivity contribution < 1.29 is 8.78 Å². The van der Waals surface area contributed by atoms with Gasteiger partial charge in [-0.3, -0.25) is 0 Å². The van der Waals surface area contributed by atoms with Gasteiger partial charge in [0.1, 0.15) is 11.6 Å². The van der Waals surface area contributed by atoms with Gasteiger partial charge in [-0.2, -0.15) is 0 Å². The first-order valence-electron chi connectivity index (χ1n) is 9.32. The summed E-state index contributed by atoms with van der Waals surface area (Å²) in [6, 6.07) is 15.0. The van der Waals surface area contributed by atoms with E-state index in [2.05, 4.69) is 11.9 Å². The van der Waals surface area contributed by atoms with Crippen LogP contribution in [-0.4, -0.2) is 24.0 Å². The first-order valence-corrected chi connectivity index (χ1v) is 9.32. The normalized spacial score (nSPS) is 21.4. The lowest BCUT2D eigenvalue weighted by molar-refractivity contribution is 0.102. The van der Waals surface area contributed by atoms with Gasteiger partial charge in [-0.05, 0) is 81.0 Å². The third-order valence-corrected chi connectivity index (χ3v) is 5.54. The smallest absolute Gasteiger partial charge is 0.123 e. The molecule has 0 aliphatic carbocycles. The lowest BCUT2D eigenvalue weighted by Gasteiger charge is -2.40. The van der Waals surface area contributed by atoms with Crippen LogP contribution in [0.5, 0.6) is 0 Å². The van der Waals surface area contributed by atoms with Crippen molar-refractivity contribution >= 4 is 0 Å². The Morgan fingerprint density at radius 1 is 0.840 bits per heavy atom. The van der Waals surface area contributed by atoms with Gasteiger partial charge in [0.15, 0.2) is 0 Å². The molecule has 1 heterocycles. The summed E-state index contributed by atoms with van der Waals surface area (Å²) in [5.41, 5.74) is 2.16. The molecular formula is C22H27F2N. The zero-order chi connectivity index (χ0) is 17.6. The van der Waals surface area contributed by atoms with E-state index in [-0.39, 0.29) is 11.6 Å². The van der Waals surface area contributed by atoms with Gasteiger partial charge in [-0.1, -0.05) is 30.7 Å². The molecule has 0 spiro atoms. The highest BCUT2D eigenvalue weighted by atomic mass is 19.1. The fourth-order valence-corrected chi connectivity index (χ4v) is 4.04. The van der Waals surface area contributed by atoms with Gasteiger partial charge >= 0.3 is 0 Å². The van der Waals surface area contributed by atoms with Gasteiger partial charge in [0.2, 0.25) is 0 Å². The molecule has 0 aromatic heterocycles. The van der Waals surface area contributed by atoms with Crippen LogP contribution in [0.3, 0.4) is 0 Å². The predicted octanol–water partition coefficient (Wildman–Crippen LogP) is 5.38. The second kappa shape index (κ2) is 8.57. The molecule has 2 aromatic carbocycles. The molecule has 0 bridgehead atoms. The predicted molar refractivity (Wildman–Crippen MR) is 98.6 cm³/mol. The van der Waals surface area contributed by atoms with Crippen molar-refractivity contribution in [1.29, 1.82) is 0 Å². The minimum atomic E-state index is -0.150. The Morgan fingerprint density at radius 3 is 1.76 bits per heavy atom. The zero-order valence-corrected chi connectivity index (χ0v) is 14.9. The summed E-state index contributed by atoms with van der Waals surface area (Å²) >= 11 is 0. The van der Waals surface area contributed by atoms with E-state index in [4.69, 9.17) is 0 Å². The summed E-state index contributed by atoms with van der Waals surface area (Å²) in [6.07, 6.45) is 7.64. The highest BCUT2D eigenvalue weighted by Gasteiger charge is 2.26. The van der Waals surface area contributed by atoms with Crippen molar-refractivity contribution in [2.45, 2.75) is 57.0 Å². The van der Waals surface area contributed by atoms with Crippen LogP contribution in [0.4, 0.5) is 8.78 Å². The van der Waals surface area contributed by atoms with Gasteiger partial charge in [0.25, 0.3) is 0 Å². The third kappa shape index (κ3) is 5.12. The molecule has 1 aliphatic rings. The average Bonchev–Trinajstić information content (AvgIpc) is 2.60. The maximum atomic E-state index is 13.3. The summed E-state index contributed by atoms with van der Waals surface area (Å²) in [5.74, 6) is -0.301. The molecule has 0 amide bonds. The van der Waals surface area contributed by atoms with E-state index in [1.807, 2.05) is 12.1 Å². The number of aryl methyl sites for hydroxylation is 2.